The molecule has 0 aromatic heterocycles. The second-order valence-electron chi connectivity index (χ2n) is 5.04. The van der Waals surface area contributed by atoms with E-state index in [0.29, 0.717) is 5.75 Å². The van der Waals surface area contributed by atoms with Gasteiger partial charge in [0, 0.05) is 6.04 Å². The summed E-state index contributed by atoms with van der Waals surface area (Å²) >= 11 is 0. The van der Waals surface area contributed by atoms with E-state index in [4.69, 9.17) is 9.47 Å². The summed E-state index contributed by atoms with van der Waals surface area (Å²) in [5.41, 5.74) is 0. The van der Waals surface area contributed by atoms with Gasteiger partial charge < -0.3 is 19.9 Å². The van der Waals surface area contributed by atoms with Crippen molar-refractivity contribution in [2.45, 2.75) is 37.8 Å². The number of nitrogens with one attached hydrogen (secondary N) is 1. The monoisotopic (exact) mass is 279 g/mol. The molecule has 1 amide bonds. The summed E-state index contributed by atoms with van der Waals surface area (Å²) < 4.78 is 10.5. The second kappa shape index (κ2) is 7.14. The van der Waals surface area contributed by atoms with Gasteiger partial charge in [-0.1, -0.05) is 0 Å². The van der Waals surface area contributed by atoms with Gasteiger partial charge in [0.1, 0.15) is 11.5 Å². The lowest BCUT2D eigenvalue weighted by Crippen LogP contribution is -2.40. The number of methoxy groups -OCH3 is 1. The largest absolute Gasteiger partial charge is 0.497 e. The predicted molar refractivity (Wildman–Crippen MR) is 74.9 cm³/mol. The van der Waals surface area contributed by atoms with Gasteiger partial charge in [-0.15, -0.1) is 0 Å². The SMILES string of the molecule is COc1ccc(OCC(=O)NC2CCC(O)CC2)cc1. The molecule has 1 fully saturated rings. The Morgan fingerprint density at radius 2 is 1.80 bits per heavy atom. The molecule has 20 heavy (non-hydrogen) atoms. The molecule has 1 aromatic carbocycles. The standard InChI is InChI=1S/C15H21NO4/c1-19-13-6-8-14(9-7-13)20-10-15(18)16-11-2-4-12(17)5-3-11/h6-9,11-12,17H,2-5,10H2,1H3,(H,16,18). The number of carbonyl (C=O) groups is 1. The number of aliphatic hydroxyl groups is 1. The topological polar surface area (TPSA) is 67.8 Å². The van der Waals surface area contributed by atoms with Crippen molar-refractivity contribution in [3.8, 4) is 11.5 Å². The number of rotatable bonds is 5. The Balaban J connectivity index is 1.71. The maximum atomic E-state index is 11.8. The maximum Gasteiger partial charge on any atom is 0.258 e. The molecule has 0 radical (unpaired) electrons. The summed E-state index contributed by atoms with van der Waals surface area (Å²) in [6.07, 6.45) is 2.96. The second-order valence-corrected chi connectivity index (χ2v) is 5.04. The zero-order chi connectivity index (χ0) is 14.4. The first kappa shape index (κ1) is 14.7. The van der Waals surface area contributed by atoms with E-state index in [2.05, 4.69) is 5.32 Å². The minimum atomic E-state index is -0.210. The molecule has 0 atom stereocenters. The summed E-state index contributed by atoms with van der Waals surface area (Å²) in [6, 6.07) is 7.27. The fourth-order valence-corrected chi connectivity index (χ4v) is 2.31. The number of amides is 1. The zero-order valence-electron chi connectivity index (χ0n) is 11.7. The van der Waals surface area contributed by atoms with Gasteiger partial charge in [0.05, 0.1) is 13.2 Å². The van der Waals surface area contributed by atoms with E-state index in [9.17, 15) is 9.90 Å². The van der Waals surface area contributed by atoms with Crippen LogP contribution in [0.3, 0.4) is 0 Å². The lowest BCUT2D eigenvalue weighted by atomic mass is 9.93. The number of ether oxygens (including phenoxy) is 2. The van der Waals surface area contributed by atoms with Crippen LogP contribution in [0.5, 0.6) is 11.5 Å². The molecular formula is C15H21NO4. The Bertz CT molecular complexity index is 424. The van der Waals surface area contributed by atoms with Gasteiger partial charge in [-0.25, -0.2) is 0 Å². The van der Waals surface area contributed by atoms with Gasteiger partial charge in [0.15, 0.2) is 6.61 Å². The number of hydrogen-bond acceptors (Lipinski definition) is 4. The lowest BCUT2D eigenvalue weighted by Gasteiger charge is -2.26. The van der Waals surface area contributed by atoms with Crippen LogP contribution in [0, 0.1) is 0 Å². The summed E-state index contributed by atoms with van der Waals surface area (Å²) in [5, 5.41) is 12.3. The molecule has 2 N–H and O–H groups in total. The van der Waals surface area contributed by atoms with Crippen LogP contribution in [-0.2, 0) is 4.79 Å². The molecule has 1 saturated carbocycles. The number of carbonyl (C=O) groups excluding carboxylic acids is 1. The third-order valence-electron chi connectivity index (χ3n) is 3.49. The van der Waals surface area contributed by atoms with Crippen molar-refractivity contribution in [3.63, 3.8) is 0 Å². The van der Waals surface area contributed by atoms with Gasteiger partial charge >= 0.3 is 0 Å². The van der Waals surface area contributed by atoms with Crippen LogP contribution in [-0.4, -0.2) is 36.9 Å². The van der Waals surface area contributed by atoms with Crippen molar-refractivity contribution < 1.29 is 19.4 Å². The first-order valence-corrected chi connectivity index (χ1v) is 6.91. The van der Waals surface area contributed by atoms with Gasteiger partial charge in [-0.05, 0) is 49.9 Å². The fourth-order valence-electron chi connectivity index (χ4n) is 2.31. The van der Waals surface area contributed by atoms with Crippen LogP contribution in [0.1, 0.15) is 25.7 Å². The lowest BCUT2D eigenvalue weighted by molar-refractivity contribution is -0.124. The van der Waals surface area contributed by atoms with Crippen LogP contribution >= 0.6 is 0 Å². The minimum Gasteiger partial charge on any atom is -0.497 e. The van der Waals surface area contributed by atoms with Crippen LogP contribution in [0.25, 0.3) is 0 Å². The molecule has 5 heteroatoms. The molecular weight excluding hydrogens is 258 g/mol. The molecule has 1 aliphatic rings. The Hall–Kier alpha value is -1.75. The van der Waals surface area contributed by atoms with Gasteiger partial charge in [0.25, 0.3) is 5.91 Å². The normalized spacial score (nSPS) is 22.1. The maximum absolute atomic E-state index is 11.8. The van der Waals surface area contributed by atoms with Gasteiger partial charge in [0.2, 0.25) is 0 Å². The molecule has 0 unspecified atom stereocenters. The van der Waals surface area contributed by atoms with E-state index in [0.717, 1.165) is 31.4 Å². The van der Waals surface area contributed by atoms with E-state index in [1.165, 1.54) is 0 Å². The summed E-state index contributed by atoms with van der Waals surface area (Å²) in [5.74, 6) is 1.27. The highest BCUT2D eigenvalue weighted by molar-refractivity contribution is 5.77. The molecule has 0 bridgehead atoms. The van der Waals surface area contributed by atoms with Crippen LogP contribution in [0.2, 0.25) is 0 Å². The van der Waals surface area contributed by atoms with Crippen molar-refractivity contribution in [1.29, 1.82) is 0 Å². The van der Waals surface area contributed by atoms with E-state index in [1.54, 1.807) is 31.4 Å². The summed E-state index contributed by atoms with van der Waals surface area (Å²) in [4.78, 5) is 11.8. The smallest absolute Gasteiger partial charge is 0.258 e. The number of hydrogen-bond donors (Lipinski definition) is 2. The Kier molecular flexibility index (Phi) is 5.24. The molecule has 1 aromatic rings. The molecule has 5 nitrogen and oxygen atoms in total. The Morgan fingerprint density at radius 3 is 2.40 bits per heavy atom. The van der Waals surface area contributed by atoms with Crippen molar-refractivity contribution in [2.24, 2.45) is 0 Å². The highest BCUT2D eigenvalue weighted by Crippen LogP contribution is 2.19. The quantitative estimate of drug-likeness (QED) is 0.857. The van der Waals surface area contributed by atoms with Gasteiger partial charge in [-0.2, -0.15) is 0 Å². The predicted octanol–water partition coefficient (Wildman–Crippen LogP) is 1.49. The first-order valence-electron chi connectivity index (χ1n) is 6.91. The van der Waals surface area contributed by atoms with Crippen molar-refractivity contribution >= 4 is 5.91 Å². The van der Waals surface area contributed by atoms with E-state index in [-0.39, 0.29) is 24.7 Å². The molecule has 0 aliphatic heterocycles. The van der Waals surface area contributed by atoms with E-state index < -0.39 is 0 Å². The average Bonchev–Trinajstić information content (AvgIpc) is 2.48. The van der Waals surface area contributed by atoms with Crippen molar-refractivity contribution in [2.75, 3.05) is 13.7 Å². The highest BCUT2D eigenvalue weighted by Gasteiger charge is 2.20. The molecule has 0 heterocycles. The zero-order valence-corrected chi connectivity index (χ0v) is 11.7. The third kappa shape index (κ3) is 4.42. The fraction of sp³-hybridized carbons (Fsp3) is 0.533. The number of aliphatic hydroxyl groups excluding tert-OH is 1. The molecule has 1 aliphatic carbocycles. The van der Waals surface area contributed by atoms with E-state index >= 15 is 0 Å². The summed E-state index contributed by atoms with van der Waals surface area (Å²) in [6.45, 7) is 0.00534. The number of benzene rings is 1. The van der Waals surface area contributed by atoms with Crippen molar-refractivity contribution in [3.05, 3.63) is 24.3 Å². The molecule has 0 saturated heterocycles. The minimum absolute atomic E-state index is 0.00534. The summed E-state index contributed by atoms with van der Waals surface area (Å²) in [7, 11) is 1.60. The van der Waals surface area contributed by atoms with Crippen LogP contribution in [0.4, 0.5) is 0 Å². The first-order chi connectivity index (χ1) is 9.67. The third-order valence-corrected chi connectivity index (χ3v) is 3.49. The van der Waals surface area contributed by atoms with Crippen molar-refractivity contribution in [1.82, 2.24) is 5.32 Å². The van der Waals surface area contributed by atoms with E-state index in [1.807, 2.05) is 0 Å². The Labute approximate surface area is 118 Å². The molecule has 110 valence electrons. The van der Waals surface area contributed by atoms with Gasteiger partial charge in [-0.3, -0.25) is 4.79 Å². The molecule has 0 spiro atoms. The average molecular weight is 279 g/mol. The Morgan fingerprint density at radius 1 is 1.20 bits per heavy atom. The van der Waals surface area contributed by atoms with Crippen LogP contribution < -0.4 is 14.8 Å². The van der Waals surface area contributed by atoms with Crippen LogP contribution in [0.15, 0.2) is 24.3 Å². The molecule has 2 rings (SSSR count). The highest BCUT2D eigenvalue weighted by atomic mass is 16.5.